The van der Waals surface area contributed by atoms with E-state index in [0.29, 0.717) is 0 Å². The van der Waals surface area contributed by atoms with Gasteiger partial charge < -0.3 is 10.2 Å². The van der Waals surface area contributed by atoms with Crippen molar-refractivity contribution < 1.29 is 10.2 Å². The summed E-state index contributed by atoms with van der Waals surface area (Å²) in [7, 11) is 1.50. The zero-order chi connectivity index (χ0) is 11.8. The van der Waals surface area contributed by atoms with Crippen LogP contribution < -0.4 is 10.2 Å². The van der Waals surface area contributed by atoms with E-state index in [1.54, 1.807) is 4.44 Å². The molecule has 0 aliphatic heterocycles. The molecular weight excluding hydrogens is 283 g/mol. The molecule has 14 heavy (non-hydrogen) atoms. The molecule has 3 heteroatoms. The first-order valence-corrected chi connectivity index (χ1v) is 10.2. The first-order valence-electron chi connectivity index (χ1n) is 5.31. The number of hydrogen-bond acceptors (Lipinski definition) is 2. The maximum absolute atomic E-state index is 8.25. The van der Waals surface area contributed by atoms with Crippen LogP contribution in [-0.4, -0.2) is 35.4 Å². The molecule has 0 rings (SSSR count). The Bertz CT molecular complexity index is 70.3. The molecule has 0 aromatic rings. The van der Waals surface area contributed by atoms with E-state index in [1.165, 1.54) is 25.7 Å². The van der Waals surface area contributed by atoms with Crippen molar-refractivity contribution in [1.29, 1.82) is 0 Å². The predicted octanol–water partition coefficient (Wildman–Crippen LogP) is 1.33. The van der Waals surface area contributed by atoms with Crippen molar-refractivity contribution in [3.05, 3.63) is 0 Å². The third-order valence-corrected chi connectivity index (χ3v) is 4.85. The Kier molecular flexibility index (Phi) is 33.9. The van der Waals surface area contributed by atoms with E-state index in [1.807, 2.05) is 0 Å². The third-order valence-electron chi connectivity index (χ3n) is 2.04. The molecule has 1 unspecified atom stereocenters. The number of unbranched alkanes of at least 4 members (excludes halogenated alkanes) is 1. The van der Waals surface area contributed by atoms with Gasteiger partial charge in [-0.3, -0.25) is 0 Å². The van der Waals surface area contributed by atoms with Gasteiger partial charge in [0.05, 0.1) is 0 Å². The van der Waals surface area contributed by atoms with E-state index in [2.05, 4.69) is 18.8 Å². The van der Waals surface area contributed by atoms with Gasteiger partial charge in [-0.1, -0.05) is 0 Å². The van der Waals surface area contributed by atoms with Crippen molar-refractivity contribution in [2.75, 3.05) is 14.2 Å². The van der Waals surface area contributed by atoms with Crippen LogP contribution in [0.15, 0.2) is 0 Å². The summed E-state index contributed by atoms with van der Waals surface area (Å²) in [5.74, 6) is 1.09. The van der Waals surface area contributed by atoms with Crippen molar-refractivity contribution in [1.82, 2.24) is 0 Å². The van der Waals surface area contributed by atoms with Crippen LogP contribution in [0, 0.1) is 5.92 Å². The fraction of sp³-hybridized carbons (Fsp3) is 1.00. The maximum atomic E-state index is 8.25. The van der Waals surface area contributed by atoms with Crippen LogP contribution in [-0.2, 0) is 0 Å². The molecule has 0 aliphatic carbocycles. The molecule has 0 spiro atoms. The fourth-order valence-electron chi connectivity index (χ4n) is 1.23. The molecule has 0 heterocycles. The Morgan fingerprint density at radius 3 is 1.86 bits per heavy atom. The molecule has 0 aromatic heterocycles. The second kappa shape index (κ2) is 23.5. The van der Waals surface area contributed by atoms with Gasteiger partial charge in [-0.25, -0.2) is 0 Å². The molecule has 0 saturated carbocycles. The Morgan fingerprint density at radius 2 is 1.57 bits per heavy atom. The van der Waals surface area contributed by atoms with Crippen LogP contribution in [0.3, 0.4) is 0 Å². The van der Waals surface area contributed by atoms with E-state index in [-0.39, 0.29) is 21.1 Å². The molecule has 0 fully saturated rings. The van der Waals surface area contributed by atoms with Gasteiger partial charge in [-0.2, -0.15) is 14.2 Å². The summed E-state index contributed by atoms with van der Waals surface area (Å²) in [6, 6.07) is 0. The van der Waals surface area contributed by atoms with Crippen LogP contribution in [0.2, 0.25) is 9.38 Å². The minimum Gasteiger partial charge on any atom is -0.857 e. The second-order valence-electron chi connectivity index (χ2n) is 2.97. The van der Waals surface area contributed by atoms with Crippen molar-refractivity contribution in [2.45, 2.75) is 48.9 Å². The molecular formula is C11H26O2Sn. The molecule has 86 valence electrons. The van der Waals surface area contributed by atoms with Crippen molar-refractivity contribution >= 4 is 21.1 Å². The SMILES string of the molecule is CCCCC(CC)[CH2][Sn+2][CH3].C[O-].C[O-]. The van der Waals surface area contributed by atoms with Gasteiger partial charge in [0.15, 0.2) is 0 Å². The minimum atomic E-state index is 0.0956. The average Bonchev–Trinajstić information content (AvgIpc) is 2.29. The molecule has 0 saturated heterocycles. The van der Waals surface area contributed by atoms with Crippen LogP contribution in [0.1, 0.15) is 39.5 Å². The molecule has 0 aromatic carbocycles. The summed E-state index contributed by atoms with van der Waals surface area (Å²) in [4.78, 5) is 2.46. The van der Waals surface area contributed by atoms with Gasteiger partial charge in [0.25, 0.3) is 0 Å². The Hall–Kier alpha value is 0.719. The van der Waals surface area contributed by atoms with Crippen LogP contribution >= 0.6 is 0 Å². The van der Waals surface area contributed by atoms with Gasteiger partial charge in [0, 0.05) is 0 Å². The molecule has 2 nitrogen and oxygen atoms in total. The van der Waals surface area contributed by atoms with Crippen molar-refractivity contribution in [2.24, 2.45) is 5.92 Å². The molecule has 1 atom stereocenters. The predicted molar refractivity (Wildman–Crippen MR) is 61.6 cm³/mol. The zero-order valence-electron chi connectivity index (χ0n) is 10.4. The second-order valence-corrected chi connectivity index (χ2v) is 6.16. The smallest absolute Gasteiger partial charge is 0.153 e. The molecule has 0 radical (unpaired) electrons. The van der Waals surface area contributed by atoms with E-state index in [9.17, 15) is 0 Å². The average molecular weight is 309 g/mol. The van der Waals surface area contributed by atoms with E-state index >= 15 is 0 Å². The molecule has 0 bridgehead atoms. The maximum Gasteiger partial charge on any atom is -0.153 e. The normalized spacial score (nSPS) is 9.93. The Labute approximate surface area is 100 Å². The van der Waals surface area contributed by atoms with Gasteiger partial charge in [0.2, 0.25) is 0 Å². The van der Waals surface area contributed by atoms with Crippen molar-refractivity contribution in [3.63, 3.8) is 0 Å². The molecule has 0 N–H and O–H groups in total. The van der Waals surface area contributed by atoms with Gasteiger partial charge in [-0.05, 0) is 0 Å². The first kappa shape index (κ1) is 20.2. The van der Waals surface area contributed by atoms with Gasteiger partial charge >= 0.3 is 76.0 Å². The van der Waals surface area contributed by atoms with Gasteiger partial charge in [-0.15, -0.1) is 0 Å². The standard InChI is InChI=1S/C8H17.2CH3O.CH3.Sn/c1-4-6-7-8(3)5-2;2*1-2;;/h8H,3-7H2,1-2H3;2*1H3;1H3;/q;2*-1;;+2. The topological polar surface area (TPSA) is 46.1 Å². The van der Waals surface area contributed by atoms with Crippen LogP contribution in [0.4, 0.5) is 0 Å². The minimum absolute atomic E-state index is 0.0956. The number of hydrogen-bond donors (Lipinski definition) is 0. The van der Waals surface area contributed by atoms with E-state index < -0.39 is 0 Å². The Balaban J connectivity index is -0.000000266. The first-order chi connectivity index (χ1) is 6.85. The summed E-state index contributed by atoms with van der Waals surface area (Å²) in [5, 5.41) is 16.5. The summed E-state index contributed by atoms with van der Waals surface area (Å²) < 4.78 is 1.61. The van der Waals surface area contributed by atoms with Crippen molar-refractivity contribution in [3.8, 4) is 0 Å². The number of rotatable bonds is 6. The summed E-state index contributed by atoms with van der Waals surface area (Å²) in [6.07, 6.45) is 5.76. The molecule has 0 amide bonds. The summed E-state index contributed by atoms with van der Waals surface area (Å²) in [6.45, 7) is 4.63. The zero-order valence-corrected chi connectivity index (χ0v) is 13.3. The summed E-state index contributed by atoms with van der Waals surface area (Å²) in [5.41, 5.74) is 0. The van der Waals surface area contributed by atoms with Crippen LogP contribution in [0.5, 0.6) is 0 Å². The van der Waals surface area contributed by atoms with E-state index in [4.69, 9.17) is 10.2 Å². The third kappa shape index (κ3) is 18.5. The summed E-state index contributed by atoms with van der Waals surface area (Å²) >= 11 is 0.0956. The van der Waals surface area contributed by atoms with Crippen LogP contribution in [0.25, 0.3) is 0 Å². The van der Waals surface area contributed by atoms with Gasteiger partial charge in [0.1, 0.15) is 0 Å². The monoisotopic (exact) mass is 310 g/mol. The molecule has 0 aliphatic rings. The fourth-order valence-corrected chi connectivity index (χ4v) is 4.29. The largest absolute Gasteiger partial charge is 0.857 e. The van der Waals surface area contributed by atoms with E-state index in [0.717, 1.165) is 20.1 Å². The quantitative estimate of drug-likeness (QED) is 0.695. The Morgan fingerprint density at radius 1 is 1.07 bits per heavy atom.